The maximum absolute atomic E-state index is 5.81. The molecule has 3 nitrogen and oxygen atoms in total. The van der Waals surface area contributed by atoms with Gasteiger partial charge < -0.3 is 15.4 Å². The third kappa shape index (κ3) is 4.52. The zero-order valence-corrected chi connectivity index (χ0v) is 11.9. The van der Waals surface area contributed by atoms with Crippen LogP contribution in [0.1, 0.15) is 44.9 Å². The summed E-state index contributed by atoms with van der Waals surface area (Å²) < 4.78 is 5.81. The lowest BCUT2D eigenvalue weighted by molar-refractivity contribution is -0.00452. The Morgan fingerprint density at radius 2 is 1.72 bits per heavy atom. The molecule has 0 aromatic heterocycles. The van der Waals surface area contributed by atoms with Crippen molar-refractivity contribution in [2.45, 2.75) is 51.0 Å². The molecule has 0 aromatic carbocycles. The molecule has 106 valence electrons. The van der Waals surface area contributed by atoms with Crippen molar-refractivity contribution in [3.05, 3.63) is 0 Å². The Balaban J connectivity index is 1.63. The molecule has 0 bridgehead atoms. The highest BCUT2D eigenvalue weighted by atomic mass is 16.5. The minimum atomic E-state index is 0.490. The van der Waals surface area contributed by atoms with E-state index >= 15 is 0 Å². The summed E-state index contributed by atoms with van der Waals surface area (Å²) in [6, 6.07) is 0. The second-order valence-electron chi connectivity index (χ2n) is 6.33. The second kappa shape index (κ2) is 7.46. The van der Waals surface area contributed by atoms with Crippen LogP contribution in [0.3, 0.4) is 0 Å². The van der Waals surface area contributed by atoms with Crippen molar-refractivity contribution in [1.82, 2.24) is 4.90 Å². The molecule has 2 N–H and O–H groups in total. The first-order valence-corrected chi connectivity index (χ1v) is 7.78. The van der Waals surface area contributed by atoms with Gasteiger partial charge in [-0.2, -0.15) is 0 Å². The molecule has 2 aliphatic rings. The molecule has 1 aliphatic heterocycles. The lowest BCUT2D eigenvalue weighted by Gasteiger charge is -2.33. The van der Waals surface area contributed by atoms with Gasteiger partial charge in [0.1, 0.15) is 0 Å². The van der Waals surface area contributed by atoms with Crippen LogP contribution < -0.4 is 5.73 Å². The van der Waals surface area contributed by atoms with Crippen LogP contribution in [0.2, 0.25) is 0 Å². The van der Waals surface area contributed by atoms with Crippen molar-refractivity contribution in [2.75, 3.05) is 33.3 Å². The highest BCUT2D eigenvalue weighted by Gasteiger charge is 2.22. The van der Waals surface area contributed by atoms with Crippen molar-refractivity contribution >= 4 is 0 Å². The average molecular weight is 254 g/mol. The number of hydrogen-bond donors (Lipinski definition) is 1. The third-order valence-corrected chi connectivity index (χ3v) is 4.66. The number of hydrogen-bond acceptors (Lipinski definition) is 3. The van der Waals surface area contributed by atoms with Gasteiger partial charge in [-0.3, -0.25) is 0 Å². The summed E-state index contributed by atoms with van der Waals surface area (Å²) in [6.45, 7) is 4.23. The van der Waals surface area contributed by atoms with E-state index in [1.807, 2.05) is 0 Å². The first-order valence-electron chi connectivity index (χ1n) is 7.78. The van der Waals surface area contributed by atoms with Crippen LogP contribution in [-0.4, -0.2) is 44.3 Å². The predicted octanol–water partition coefficient (Wildman–Crippen LogP) is 2.25. The Bertz CT molecular complexity index is 221. The zero-order valence-electron chi connectivity index (χ0n) is 11.9. The van der Waals surface area contributed by atoms with Crippen LogP contribution in [0.5, 0.6) is 0 Å². The highest BCUT2D eigenvalue weighted by Crippen LogP contribution is 2.28. The molecule has 0 spiro atoms. The Labute approximate surface area is 112 Å². The Morgan fingerprint density at radius 3 is 2.33 bits per heavy atom. The quantitative estimate of drug-likeness (QED) is 0.818. The summed E-state index contributed by atoms with van der Waals surface area (Å²) in [5.41, 5.74) is 5.75. The van der Waals surface area contributed by atoms with Gasteiger partial charge in [0, 0.05) is 19.7 Å². The number of rotatable bonds is 5. The zero-order chi connectivity index (χ0) is 12.8. The van der Waals surface area contributed by atoms with E-state index in [1.165, 1.54) is 51.5 Å². The van der Waals surface area contributed by atoms with Gasteiger partial charge >= 0.3 is 0 Å². The Hall–Kier alpha value is -0.120. The van der Waals surface area contributed by atoms with E-state index < -0.39 is 0 Å². The van der Waals surface area contributed by atoms with Crippen LogP contribution in [0, 0.1) is 11.8 Å². The van der Waals surface area contributed by atoms with Crippen molar-refractivity contribution in [1.29, 1.82) is 0 Å². The summed E-state index contributed by atoms with van der Waals surface area (Å²) in [5.74, 6) is 1.69. The molecular formula is C15H30N2O. The molecule has 1 saturated carbocycles. The third-order valence-electron chi connectivity index (χ3n) is 4.66. The van der Waals surface area contributed by atoms with Crippen LogP contribution in [0.25, 0.3) is 0 Å². The van der Waals surface area contributed by atoms with Crippen LogP contribution in [-0.2, 0) is 4.74 Å². The highest BCUT2D eigenvalue weighted by molar-refractivity contribution is 4.76. The van der Waals surface area contributed by atoms with Crippen molar-refractivity contribution in [3.8, 4) is 0 Å². The molecule has 1 aliphatic carbocycles. The van der Waals surface area contributed by atoms with Crippen molar-refractivity contribution in [3.63, 3.8) is 0 Å². The first kappa shape index (κ1) is 14.3. The molecule has 1 saturated heterocycles. The fourth-order valence-electron chi connectivity index (χ4n) is 3.46. The molecule has 3 heteroatoms. The Morgan fingerprint density at radius 1 is 1.00 bits per heavy atom. The molecule has 2 rings (SSSR count). The molecule has 1 atom stereocenters. The molecule has 0 aromatic rings. The summed E-state index contributed by atoms with van der Waals surface area (Å²) in [5, 5.41) is 0. The lowest BCUT2D eigenvalue weighted by atomic mass is 9.82. The molecule has 1 heterocycles. The van der Waals surface area contributed by atoms with E-state index in [0.29, 0.717) is 6.10 Å². The molecule has 2 fully saturated rings. The minimum Gasteiger partial charge on any atom is -0.377 e. The Kier molecular flexibility index (Phi) is 5.93. The number of ether oxygens (including phenoxy) is 1. The van der Waals surface area contributed by atoms with E-state index in [1.54, 1.807) is 0 Å². The van der Waals surface area contributed by atoms with Gasteiger partial charge in [-0.25, -0.2) is 0 Å². The molecular weight excluding hydrogens is 224 g/mol. The topological polar surface area (TPSA) is 38.5 Å². The summed E-state index contributed by atoms with van der Waals surface area (Å²) in [4.78, 5) is 2.49. The van der Waals surface area contributed by atoms with Crippen LogP contribution >= 0.6 is 0 Å². The lowest BCUT2D eigenvalue weighted by Crippen LogP contribution is -2.37. The van der Waals surface area contributed by atoms with Crippen molar-refractivity contribution in [2.24, 2.45) is 17.6 Å². The summed E-state index contributed by atoms with van der Waals surface area (Å²) >= 11 is 0. The van der Waals surface area contributed by atoms with Gasteiger partial charge in [0.2, 0.25) is 0 Å². The second-order valence-corrected chi connectivity index (χ2v) is 6.33. The van der Waals surface area contributed by atoms with Gasteiger partial charge in [-0.15, -0.1) is 0 Å². The number of nitrogens with zero attached hydrogens (tertiary/aromatic N) is 1. The van der Waals surface area contributed by atoms with E-state index in [0.717, 1.165) is 31.5 Å². The normalized spacial score (nSPS) is 33.8. The molecule has 1 unspecified atom stereocenters. The minimum absolute atomic E-state index is 0.490. The van der Waals surface area contributed by atoms with E-state index in [9.17, 15) is 0 Å². The van der Waals surface area contributed by atoms with E-state index in [-0.39, 0.29) is 0 Å². The fourth-order valence-corrected chi connectivity index (χ4v) is 3.46. The SMILES string of the molecule is CN(CC1CCC(CN)CC1)CC1CCCCO1. The van der Waals surface area contributed by atoms with Gasteiger partial charge in [-0.05, 0) is 70.4 Å². The van der Waals surface area contributed by atoms with Gasteiger partial charge in [-0.1, -0.05) is 0 Å². The predicted molar refractivity (Wildman–Crippen MR) is 75.6 cm³/mol. The maximum atomic E-state index is 5.81. The fraction of sp³-hybridized carbons (Fsp3) is 1.00. The van der Waals surface area contributed by atoms with Gasteiger partial charge in [0.15, 0.2) is 0 Å². The first-order chi connectivity index (χ1) is 8.78. The average Bonchev–Trinajstić information content (AvgIpc) is 2.40. The summed E-state index contributed by atoms with van der Waals surface area (Å²) in [6.07, 6.45) is 9.77. The van der Waals surface area contributed by atoms with Crippen LogP contribution in [0.4, 0.5) is 0 Å². The smallest absolute Gasteiger partial charge is 0.0701 e. The van der Waals surface area contributed by atoms with Gasteiger partial charge in [0.25, 0.3) is 0 Å². The van der Waals surface area contributed by atoms with E-state index in [2.05, 4.69) is 11.9 Å². The molecule has 18 heavy (non-hydrogen) atoms. The number of nitrogens with two attached hydrogens (primary N) is 1. The maximum Gasteiger partial charge on any atom is 0.0701 e. The molecule has 0 amide bonds. The number of likely N-dealkylation sites (N-methyl/N-ethyl adjacent to an activating group) is 1. The molecule has 0 radical (unpaired) electrons. The van der Waals surface area contributed by atoms with Crippen molar-refractivity contribution < 1.29 is 4.74 Å². The summed E-state index contributed by atoms with van der Waals surface area (Å²) in [7, 11) is 2.26. The standard InChI is InChI=1S/C15H30N2O/c1-17(12-15-4-2-3-9-18-15)11-14-7-5-13(10-16)6-8-14/h13-15H,2-12,16H2,1H3. The van der Waals surface area contributed by atoms with Gasteiger partial charge in [0.05, 0.1) is 6.10 Å². The van der Waals surface area contributed by atoms with Crippen LogP contribution in [0.15, 0.2) is 0 Å². The largest absolute Gasteiger partial charge is 0.377 e. The monoisotopic (exact) mass is 254 g/mol. The van der Waals surface area contributed by atoms with E-state index in [4.69, 9.17) is 10.5 Å².